The van der Waals surface area contributed by atoms with E-state index < -0.39 is 11.3 Å². The zero-order valence-corrected chi connectivity index (χ0v) is 12.5. The summed E-state index contributed by atoms with van der Waals surface area (Å²) in [6.45, 7) is 3.89. The van der Waals surface area contributed by atoms with Crippen molar-refractivity contribution >= 4 is 17.5 Å². The first-order valence-electron chi connectivity index (χ1n) is 7.11. The van der Waals surface area contributed by atoms with Gasteiger partial charge in [-0.25, -0.2) is 0 Å². The molecule has 0 saturated carbocycles. The fraction of sp³-hybridized carbons (Fsp3) is 0.438. The maximum absolute atomic E-state index is 12.5. The predicted octanol–water partition coefficient (Wildman–Crippen LogP) is 2.83. The second kappa shape index (κ2) is 7.44. The lowest BCUT2D eigenvalue weighted by molar-refractivity contribution is -0.123. The third-order valence-electron chi connectivity index (χ3n) is 3.41. The highest BCUT2D eigenvalue weighted by atomic mass is 16.2. The van der Waals surface area contributed by atoms with Crippen molar-refractivity contribution in [2.45, 2.75) is 39.5 Å². The number of rotatable bonds is 7. The summed E-state index contributed by atoms with van der Waals surface area (Å²) < 4.78 is 0. The van der Waals surface area contributed by atoms with Gasteiger partial charge in [0, 0.05) is 11.3 Å². The summed E-state index contributed by atoms with van der Waals surface area (Å²) in [4.78, 5) is 23.6. The lowest BCUT2D eigenvalue weighted by Crippen LogP contribution is -2.35. The number of nitriles is 1. The van der Waals surface area contributed by atoms with Crippen LogP contribution in [0.15, 0.2) is 24.3 Å². The van der Waals surface area contributed by atoms with Gasteiger partial charge in [0.25, 0.3) is 0 Å². The molecule has 21 heavy (non-hydrogen) atoms. The van der Waals surface area contributed by atoms with Gasteiger partial charge in [-0.2, -0.15) is 5.26 Å². The van der Waals surface area contributed by atoms with Gasteiger partial charge in [-0.1, -0.05) is 32.8 Å². The monoisotopic (exact) mass is 287 g/mol. The highest BCUT2D eigenvalue weighted by molar-refractivity contribution is 5.99. The van der Waals surface area contributed by atoms with Crippen LogP contribution in [-0.2, 0) is 4.79 Å². The van der Waals surface area contributed by atoms with E-state index in [4.69, 9.17) is 5.73 Å². The summed E-state index contributed by atoms with van der Waals surface area (Å²) in [7, 11) is 0. The molecule has 0 saturated heterocycles. The fourth-order valence-corrected chi connectivity index (χ4v) is 2.37. The normalized spacial score (nSPS) is 10.7. The van der Waals surface area contributed by atoms with E-state index in [2.05, 4.69) is 11.4 Å². The van der Waals surface area contributed by atoms with Crippen molar-refractivity contribution < 1.29 is 9.59 Å². The number of nitrogens with zero attached hydrogens (tertiary/aromatic N) is 1. The molecule has 112 valence electrons. The molecule has 0 aliphatic heterocycles. The molecule has 0 aromatic heterocycles. The van der Waals surface area contributed by atoms with Gasteiger partial charge >= 0.3 is 0 Å². The molecule has 0 fully saturated rings. The van der Waals surface area contributed by atoms with Crippen molar-refractivity contribution in [3.8, 4) is 6.07 Å². The Morgan fingerprint density at radius 3 is 2.38 bits per heavy atom. The van der Waals surface area contributed by atoms with Crippen LogP contribution < -0.4 is 11.1 Å². The first-order valence-corrected chi connectivity index (χ1v) is 7.11. The summed E-state index contributed by atoms with van der Waals surface area (Å²) in [6.07, 6.45) is 2.53. The fourth-order valence-electron chi connectivity index (χ4n) is 2.37. The Bertz CT molecular complexity index is 555. The number of benzene rings is 1. The van der Waals surface area contributed by atoms with Crippen LogP contribution in [0.3, 0.4) is 0 Å². The number of amides is 2. The maximum atomic E-state index is 12.5. The zero-order chi connectivity index (χ0) is 15.9. The molecule has 1 aromatic carbocycles. The summed E-state index contributed by atoms with van der Waals surface area (Å²) in [5.41, 5.74) is 4.99. The van der Waals surface area contributed by atoms with Crippen LogP contribution in [0.5, 0.6) is 0 Å². The van der Waals surface area contributed by atoms with Crippen LogP contribution in [0.2, 0.25) is 0 Å². The first kappa shape index (κ1) is 16.7. The topological polar surface area (TPSA) is 96.0 Å². The minimum atomic E-state index is -1.02. The Hall–Kier alpha value is -2.35. The van der Waals surface area contributed by atoms with Crippen LogP contribution in [0, 0.1) is 16.7 Å². The lowest BCUT2D eigenvalue weighted by Gasteiger charge is -2.24. The van der Waals surface area contributed by atoms with Crippen molar-refractivity contribution in [2.75, 3.05) is 5.32 Å². The van der Waals surface area contributed by atoms with Gasteiger partial charge in [-0.05, 0) is 31.0 Å². The number of hydrogen-bond acceptors (Lipinski definition) is 3. The van der Waals surface area contributed by atoms with E-state index >= 15 is 0 Å². The molecule has 0 spiro atoms. The first-order chi connectivity index (χ1) is 9.99. The zero-order valence-electron chi connectivity index (χ0n) is 12.5. The summed E-state index contributed by atoms with van der Waals surface area (Å²) in [6, 6.07) is 8.58. The van der Waals surface area contributed by atoms with Gasteiger partial charge in [-0.3, -0.25) is 9.59 Å². The molecule has 0 aliphatic carbocycles. The van der Waals surface area contributed by atoms with Crippen molar-refractivity contribution in [1.29, 1.82) is 5.26 Å². The maximum Gasteiger partial charge on any atom is 0.248 e. The van der Waals surface area contributed by atoms with Crippen molar-refractivity contribution in [2.24, 2.45) is 11.1 Å². The van der Waals surface area contributed by atoms with Crippen LogP contribution in [-0.4, -0.2) is 11.8 Å². The highest BCUT2D eigenvalue weighted by Crippen LogP contribution is 2.31. The molecule has 0 radical (unpaired) electrons. The highest BCUT2D eigenvalue weighted by Gasteiger charge is 2.36. The minimum Gasteiger partial charge on any atom is -0.366 e. The second-order valence-corrected chi connectivity index (χ2v) is 5.09. The Balaban J connectivity index is 2.99. The van der Waals surface area contributed by atoms with Gasteiger partial charge in [0.05, 0.1) is 6.07 Å². The van der Waals surface area contributed by atoms with E-state index in [0.717, 1.165) is 12.8 Å². The minimum absolute atomic E-state index is 0.321. The molecule has 0 bridgehead atoms. The smallest absolute Gasteiger partial charge is 0.248 e. The van der Waals surface area contributed by atoms with E-state index in [1.54, 1.807) is 18.2 Å². The molecule has 5 nitrogen and oxygen atoms in total. The molecule has 0 heterocycles. The summed E-state index contributed by atoms with van der Waals surface area (Å²) in [5, 5.41) is 12.2. The van der Waals surface area contributed by atoms with Crippen molar-refractivity contribution in [3.05, 3.63) is 29.8 Å². The second-order valence-electron chi connectivity index (χ2n) is 5.09. The van der Waals surface area contributed by atoms with Crippen LogP contribution in [0.25, 0.3) is 0 Å². The molecule has 2 amide bonds. The quantitative estimate of drug-likeness (QED) is 0.807. The van der Waals surface area contributed by atoms with E-state index in [-0.39, 0.29) is 5.91 Å². The number of primary amides is 1. The number of nitrogens with two attached hydrogens (primary N) is 1. The largest absolute Gasteiger partial charge is 0.366 e. The summed E-state index contributed by atoms with van der Waals surface area (Å²) >= 11 is 0. The molecule has 1 rings (SSSR count). The van der Waals surface area contributed by atoms with Crippen LogP contribution in [0.4, 0.5) is 5.69 Å². The predicted molar refractivity (Wildman–Crippen MR) is 81.5 cm³/mol. The Labute approximate surface area is 125 Å². The molecule has 5 heteroatoms. The van der Waals surface area contributed by atoms with Gasteiger partial charge in [0.1, 0.15) is 5.41 Å². The van der Waals surface area contributed by atoms with Gasteiger partial charge < -0.3 is 11.1 Å². The van der Waals surface area contributed by atoms with E-state index in [9.17, 15) is 14.9 Å². The van der Waals surface area contributed by atoms with Crippen molar-refractivity contribution in [3.63, 3.8) is 0 Å². The van der Waals surface area contributed by atoms with Crippen molar-refractivity contribution in [1.82, 2.24) is 0 Å². The molecular formula is C16H21N3O2. The number of carbonyl (C=O) groups excluding carboxylic acids is 2. The van der Waals surface area contributed by atoms with Gasteiger partial charge in [0.2, 0.25) is 11.8 Å². The average Bonchev–Trinajstić information content (AvgIpc) is 2.47. The molecule has 0 unspecified atom stereocenters. The Morgan fingerprint density at radius 2 is 1.90 bits per heavy atom. The standard InChI is InChI=1S/C16H21N3O2/c1-3-8-16(11-17,9-4-2)15(21)19-13-7-5-6-12(10-13)14(18)20/h5-7,10H,3-4,8-9H2,1-2H3,(H2,18,20)(H,19,21). The van der Waals surface area contributed by atoms with E-state index in [0.29, 0.717) is 24.1 Å². The average molecular weight is 287 g/mol. The Morgan fingerprint density at radius 1 is 1.29 bits per heavy atom. The SMILES string of the molecule is CCCC(C#N)(CCC)C(=O)Nc1cccc(C(N)=O)c1. The number of carbonyl (C=O) groups is 2. The van der Waals surface area contributed by atoms with Gasteiger partial charge in [0.15, 0.2) is 0 Å². The third kappa shape index (κ3) is 4.06. The molecule has 1 aromatic rings. The third-order valence-corrected chi connectivity index (χ3v) is 3.41. The summed E-state index contributed by atoms with van der Waals surface area (Å²) in [5.74, 6) is -0.880. The molecular weight excluding hydrogens is 266 g/mol. The van der Waals surface area contributed by atoms with E-state index in [1.165, 1.54) is 6.07 Å². The molecule has 0 aliphatic rings. The molecule has 3 N–H and O–H groups in total. The Kier molecular flexibility index (Phi) is 5.92. The lowest BCUT2D eigenvalue weighted by atomic mass is 9.79. The number of nitrogens with one attached hydrogen (secondary N) is 1. The molecule has 0 atom stereocenters. The van der Waals surface area contributed by atoms with Gasteiger partial charge in [-0.15, -0.1) is 0 Å². The van der Waals surface area contributed by atoms with Crippen LogP contribution >= 0.6 is 0 Å². The van der Waals surface area contributed by atoms with E-state index in [1.807, 2.05) is 13.8 Å². The van der Waals surface area contributed by atoms with Crippen LogP contribution in [0.1, 0.15) is 49.9 Å². The number of hydrogen-bond donors (Lipinski definition) is 2. The number of anilines is 1.